The first-order valence-electron chi connectivity index (χ1n) is 5.31. The third-order valence-corrected chi connectivity index (χ3v) is 2.05. The molecule has 0 heterocycles. The van der Waals surface area contributed by atoms with E-state index >= 15 is 0 Å². The summed E-state index contributed by atoms with van der Waals surface area (Å²) in [6.45, 7) is 4.60. The van der Waals surface area contributed by atoms with E-state index in [0.29, 0.717) is 5.69 Å². The number of nitrogens with two attached hydrogens (primary N) is 1. The largest absolute Gasteiger partial charge is 0.458 e. The molecule has 0 radical (unpaired) electrons. The number of ether oxygens (including phenoxy) is 2. The summed E-state index contributed by atoms with van der Waals surface area (Å²) in [6.07, 6.45) is 0. The van der Waals surface area contributed by atoms with Gasteiger partial charge in [-0.15, -0.1) is 0 Å². The van der Waals surface area contributed by atoms with Gasteiger partial charge in [0, 0.05) is 11.3 Å². The van der Waals surface area contributed by atoms with Crippen LogP contribution in [0.2, 0.25) is 0 Å². The van der Waals surface area contributed by atoms with E-state index in [0.717, 1.165) is 5.56 Å². The summed E-state index contributed by atoms with van der Waals surface area (Å²) in [7, 11) is 0. The predicted molar refractivity (Wildman–Crippen MR) is 66.4 cm³/mol. The SMILES string of the molecule is C=C(C)C(=O)OCC(=O)OCc1ccc(N)cc1. The molecule has 0 aliphatic heterocycles. The number of anilines is 1. The van der Waals surface area contributed by atoms with Gasteiger partial charge in [-0.05, 0) is 24.6 Å². The number of esters is 2. The molecular weight excluding hydrogens is 234 g/mol. The third-order valence-electron chi connectivity index (χ3n) is 2.05. The molecule has 0 aromatic heterocycles. The van der Waals surface area contributed by atoms with E-state index in [9.17, 15) is 9.59 Å². The second-order valence-corrected chi connectivity index (χ2v) is 3.76. The predicted octanol–water partition coefficient (Wildman–Crippen LogP) is 1.43. The Labute approximate surface area is 105 Å². The Morgan fingerprint density at radius 3 is 2.39 bits per heavy atom. The Morgan fingerprint density at radius 2 is 1.83 bits per heavy atom. The maximum atomic E-state index is 11.3. The Kier molecular flexibility index (Phi) is 4.92. The normalized spacial score (nSPS) is 9.61. The summed E-state index contributed by atoms with van der Waals surface area (Å²) >= 11 is 0. The van der Waals surface area contributed by atoms with Gasteiger partial charge in [-0.2, -0.15) is 0 Å². The van der Waals surface area contributed by atoms with Gasteiger partial charge >= 0.3 is 11.9 Å². The molecular formula is C13H15NO4. The lowest BCUT2D eigenvalue weighted by Crippen LogP contribution is -2.16. The summed E-state index contributed by atoms with van der Waals surface area (Å²) in [6, 6.07) is 6.93. The Morgan fingerprint density at radius 1 is 1.22 bits per heavy atom. The second-order valence-electron chi connectivity index (χ2n) is 3.76. The minimum absolute atomic E-state index is 0.115. The zero-order chi connectivity index (χ0) is 13.5. The summed E-state index contributed by atoms with van der Waals surface area (Å²) in [5.74, 6) is -1.22. The van der Waals surface area contributed by atoms with Crippen molar-refractivity contribution in [2.75, 3.05) is 12.3 Å². The van der Waals surface area contributed by atoms with Crippen LogP contribution in [0.15, 0.2) is 36.4 Å². The number of nitrogen functional groups attached to an aromatic ring is 1. The van der Waals surface area contributed by atoms with Crippen molar-refractivity contribution in [2.45, 2.75) is 13.5 Å². The molecule has 0 bridgehead atoms. The molecule has 0 aliphatic rings. The van der Waals surface area contributed by atoms with Crippen LogP contribution >= 0.6 is 0 Å². The van der Waals surface area contributed by atoms with Crippen LogP contribution in [-0.4, -0.2) is 18.5 Å². The maximum Gasteiger partial charge on any atom is 0.344 e. The topological polar surface area (TPSA) is 78.6 Å². The van der Waals surface area contributed by atoms with Gasteiger partial charge in [-0.3, -0.25) is 0 Å². The van der Waals surface area contributed by atoms with Gasteiger partial charge in [0.25, 0.3) is 0 Å². The summed E-state index contributed by atoms with van der Waals surface area (Å²) in [5, 5.41) is 0. The van der Waals surface area contributed by atoms with E-state index in [4.69, 9.17) is 10.5 Å². The van der Waals surface area contributed by atoms with Crippen LogP contribution in [0.5, 0.6) is 0 Å². The molecule has 0 atom stereocenters. The first-order chi connectivity index (χ1) is 8.49. The average molecular weight is 249 g/mol. The summed E-state index contributed by atoms with van der Waals surface area (Å²) in [5.41, 5.74) is 7.20. The monoisotopic (exact) mass is 249 g/mol. The van der Waals surface area contributed by atoms with Gasteiger partial charge in [0.05, 0.1) is 0 Å². The molecule has 96 valence electrons. The van der Waals surface area contributed by atoms with Crippen molar-refractivity contribution in [2.24, 2.45) is 0 Å². The third kappa shape index (κ3) is 4.69. The molecule has 0 fully saturated rings. The molecule has 1 aromatic rings. The van der Waals surface area contributed by atoms with E-state index in [2.05, 4.69) is 11.3 Å². The molecule has 5 nitrogen and oxygen atoms in total. The second kappa shape index (κ2) is 6.44. The number of rotatable bonds is 5. The highest BCUT2D eigenvalue weighted by atomic mass is 16.6. The molecule has 1 aromatic carbocycles. The summed E-state index contributed by atoms with van der Waals surface area (Å²) < 4.78 is 9.55. The fourth-order valence-electron chi connectivity index (χ4n) is 1.07. The van der Waals surface area contributed by atoms with Crippen LogP contribution in [0, 0.1) is 0 Å². The lowest BCUT2D eigenvalue weighted by Gasteiger charge is -2.06. The first kappa shape index (κ1) is 13.8. The summed E-state index contributed by atoms with van der Waals surface area (Å²) in [4.78, 5) is 22.3. The van der Waals surface area contributed by atoms with Crippen LogP contribution in [0.1, 0.15) is 12.5 Å². The minimum Gasteiger partial charge on any atom is -0.458 e. The van der Waals surface area contributed by atoms with Crippen molar-refractivity contribution in [3.8, 4) is 0 Å². The van der Waals surface area contributed by atoms with Crippen molar-refractivity contribution in [1.82, 2.24) is 0 Å². The molecule has 0 unspecified atom stereocenters. The molecule has 0 saturated heterocycles. The van der Waals surface area contributed by atoms with E-state index in [1.165, 1.54) is 6.92 Å². The minimum atomic E-state index is -0.612. The van der Waals surface area contributed by atoms with Crippen molar-refractivity contribution in [3.63, 3.8) is 0 Å². The van der Waals surface area contributed by atoms with Crippen LogP contribution < -0.4 is 5.73 Å². The highest BCUT2D eigenvalue weighted by Gasteiger charge is 2.09. The zero-order valence-electron chi connectivity index (χ0n) is 10.1. The van der Waals surface area contributed by atoms with Crippen LogP contribution in [0.25, 0.3) is 0 Å². The molecule has 1 rings (SSSR count). The Bertz CT molecular complexity index is 451. The molecule has 2 N–H and O–H groups in total. The average Bonchev–Trinajstić information content (AvgIpc) is 2.35. The molecule has 18 heavy (non-hydrogen) atoms. The van der Waals surface area contributed by atoms with Crippen LogP contribution in [-0.2, 0) is 25.7 Å². The number of hydrogen-bond donors (Lipinski definition) is 1. The van der Waals surface area contributed by atoms with Crippen LogP contribution in [0.3, 0.4) is 0 Å². The van der Waals surface area contributed by atoms with Crippen molar-refractivity contribution >= 4 is 17.6 Å². The van der Waals surface area contributed by atoms with Gasteiger partial charge < -0.3 is 15.2 Å². The van der Waals surface area contributed by atoms with Crippen LogP contribution in [0.4, 0.5) is 5.69 Å². The van der Waals surface area contributed by atoms with Gasteiger partial charge in [0.2, 0.25) is 0 Å². The highest BCUT2D eigenvalue weighted by Crippen LogP contribution is 2.06. The van der Waals surface area contributed by atoms with Gasteiger partial charge in [0.1, 0.15) is 6.61 Å². The van der Waals surface area contributed by atoms with E-state index < -0.39 is 18.5 Å². The van der Waals surface area contributed by atoms with Gasteiger partial charge in [-0.25, -0.2) is 9.59 Å². The number of carbonyl (C=O) groups is 2. The van der Waals surface area contributed by atoms with Gasteiger partial charge in [0.15, 0.2) is 6.61 Å². The van der Waals surface area contributed by atoms with E-state index in [1.807, 2.05) is 0 Å². The quantitative estimate of drug-likeness (QED) is 0.485. The fraction of sp³-hybridized carbons (Fsp3) is 0.231. The highest BCUT2D eigenvalue weighted by molar-refractivity contribution is 5.88. The van der Waals surface area contributed by atoms with Crippen molar-refractivity contribution in [1.29, 1.82) is 0 Å². The number of carbonyl (C=O) groups excluding carboxylic acids is 2. The molecule has 0 aliphatic carbocycles. The molecule has 0 saturated carbocycles. The molecule has 0 amide bonds. The zero-order valence-corrected chi connectivity index (χ0v) is 10.1. The van der Waals surface area contributed by atoms with Crippen molar-refractivity contribution in [3.05, 3.63) is 42.0 Å². The van der Waals surface area contributed by atoms with Crippen molar-refractivity contribution < 1.29 is 19.1 Å². The van der Waals surface area contributed by atoms with E-state index in [1.54, 1.807) is 24.3 Å². The molecule has 5 heteroatoms. The lowest BCUT2D eigenvalue weighted by molar-refractivity contribution is -0.157. The van der Waals surface area contributed by atoms with Gasteiger partial charge in [-0.1, -0.05) is 18.7 Å². The standard InChI is InChI=1S/C13H15NO4/c1-9(2)13(16)18-8-12(15)17-7-10-3-5-11(14)6-4-10/h3-6H,1,7-8,14H2,2H3. The lowest BCUT2D eigenvalue weighted by atomic mass is 10.2. The molecule has 0 spiro atoms. The Balaban J connectivity index is 2.31. The Hall–Kier alpha value is -2.30. The maximum absolute atomic E-state index is 11.3. The number of hydrogen-bond acceptors (Lipinski definition) is 5. The first-order valence-corrected chi connectivity index (χ1v) is 5.31. The smallest absolute Gasteiger partial charge is 0.344 e. The fourth-order valence-corrected chi connectivity index (χ4v) is 1.07. The number of benzene rings is 1. The van der Waals surface area contributed by atoms with E-state index in [-0.39, 0.29) is 12.2 Å².